The molecule has 1 aromatic rings. The monoisotopic (exact) mass is 240 g/mol. The Kier molecular flexibility index (Phi) is 5.12. The number of alkyl halides is 1. The molecule has 0 unspecified atom stereocenters. The molecule has 0 saturated heterocycles. The third-order valence-corrected chi connectivity index (χ3v) is 2.51. The lowest BCUT2D eigenvalue weighted by molar-refractivity contribution is 0.0954. The van der Waals surface area contributed by atoms with Gasteiger partial charge in [0.25, 0.3) is 5.91 Å². The molecule has 1 amide bonds. The fourth-order valence-corrected chi connectivity index (χ4v) is 1.42. The van der Waals surface area contributed by atoms with Gasteiger partial charge in [-0.3, -0.25) is 4.79 Å². The Morgan fingerprint density at radius 3 is 2.44 bits per heavy atom. The molecule has 0 radical (unpaired) electrons. The highest BCUT2D eigenvalue weighted by atomic mass is 35.5. The van der Waals surface area contributed by atoms with Gasteiger partial charge >= 0.3 is 0 Å². The average molecular weight is 241 g/mol. The predicted octanol–water partition coefficient (Wildman–Crippen LogP) is 2.11. The Morgan fingerprint density at radius 2 is 1.94 bits per heavy atom. The van der Waals surface area contributed by atoms with Gasteiger partial charge in [0.1, 0.15) is 0 Å². The Bertz CT molecular complexity index is 335. The number of carbonyl (C=O) groups excluding carboxylic acids is 1. The first-order valence-electron chi connectivity index (χ1n) is 5.26. The summed E-state index contributed by atoms with van der Waals surface area (Å²) in [6.45, 7) is 0.623. The van der Waals surface area contributed by atoms with Crippen molar-refractivity contribution in [1.29, 1.82) is 0 Å². The summed E-state index contributed by atoms with van der Waals surface area (Å²) in [4.78, 5) is 13.6. The predicted molar refractivity (Wildman–Crippen MR) is 68.4 cm³/mol. The van der Waals surface area contributed by atoms with E-state index in [4.69, 9.17) is 11.6 Å². The fourth-order valence-electron chi connectivity index (χ4n) is 1.28. The minimum Gasteiger partial charge on any atom is -0.378 e. The van der Waals surface area contributed by atoms with E-state index in [9.17, 15) is 4.79 Å². The van der Waals surface area contributed by atoms with E-state index in [0.29, 0.717) is 18.0 Å². The van der Waals surface area contributed by atoms with Crippen molar-refractivity contribution >= 4 is 23.2 Å². The molecule has 0 spiro atoms. The molecule has 0 aliphatic rings. The molecule has 0 aromatic heterocycles. The van der Waals surface area contributed by atoms with Gasteiger partial charge in [-0.2, -0.15) is 0 Å². The van der Waals surface area contributed by atoms with Crippen LogP contribution in [0.4, 0.5) is 5.69 Å². The Balaban J connectivity index is 2.56. The van der Waals surface area contributed by atoms with Crippen LogP contribution in [0, 0.1) is 0 Å². The Morgan fingerprint density at radius 1 is 1.31 bits per heavy atom. The largest absolute Gasteiger partial charge is 0.378 e. The molecule has 0 bridgehead atoms. The van der Waals surface area contributed by atoms with Crippen LogP contribution in [0.25, 0.3) is 0 Å². The minimum atomic E-state index is -0.0459. The van der Waals surface area contributed by atoms with Gasteiger partial charge in [0.2, 0.25) is 0 Å². The summed E-state index contributed by atoms with van der Waals surface area (Å²) in [5, 5.41) is 2.81. The van der Waals surface area contributed by atoms with Gasteiger partial charge in [-0.1, -0.05) is 0 Å². The summed E-state index contributed by atoms with van der Waals surface area (Å²) < 4.78 is 0. The van der Waals surface area contributed by atoms with Crippen LogP contribution >= 0.6 is 11.6 Å². The smallest absolute Gasteiger partial charge is 0.251 e. The second-order valence-corrected chi connectivity index (χ2v) is 4.12. The van der Waals surface area contributed by atoms with Crippen LogP contribution in [0.5, 0.6) is 0 Å². The molecule has 0 atom stereocenters. The van der Waals surface area contributed by atoms with Gasteiger partial charge in [0, 0.05) is 37.8 Å². The molecule has 1 N–H and O–H groups in total. The summed E-state index contributed by atoms with van der Waals surface area (Å²) >= 11 is 5.53. The molecular formula is C12H17ClN2O. The normalized spacial score (nSPS) is 9.94. The molecule has 1 rings (SSSR count). The van der Waals surface area contributed by atoms with E-state index in [1.54, 1.807) is 0 Å². The molecule has 88 valence electrons. The van der Waals surface area contributed by atoms with Crippen molar-refractivity contribution in [3.8, 4) is 0 Å². The molecule has 0 saturated carbocycles. The van der Waals surface area contributed by atoms with Crippen LogP contribution in [-0.4, -0.2) is 32.4 Å². The highest BCUT2D eigenvalue weighted by Gasteiger charge is 2.04. The van der Waals surface area contributed by atoms with Crippen LogP contribution < -0.4 is 10.2 Å². The molecule has 3 nitrogen and oxygen atoms in total. The summed E-state index contributed by atoms with van der Waals surface area (Å²) in [6.07, 6.45) is 0.795. The maximum atomic E-state index is 11.6. The van der Waals surface area contributed by atoms with Gasteiger partial charge < -0.3 is 10.2 Å². The number of benzene rings is 1. The van der Waals surface area contributed by atoms with Gasteiger partial charge in [-0.05, 0) is 30.7 Å². The van der Waals surface area contributed by atoms with E-state index in [2.05, 4.69) is 5.32 Å². The number of nitrogens with one attached hydrogen (secondary N) is 1. The molecule has 4 heteroatoms. The van der Waals surface area contributed by atoms with Gasteiger partial charge in [0.05, 0.1) is 0 Å². The highest BCUT2D eigenvalue weighted by Crippen LogP contribution is 2.11. The summed E-state index contributed by atoms with van der Waals surface area (Å²) in [5.74, 6) is 0.523. The molecule has 0 aliphatic heterocycles. The number of hydrogen-bond acceptors (Lipinski definition) is 2. The highest BCUT2D eigenvalue weighted by molar-refractivity contribution is 6.17. The minimum absolute atomic E-state index is 0.0459. The van der Waals surface area contributed by atoms with Crippen LogP contribution in [-0.2, 0) is 0 Å². The molecular weight excluding hydrogens is 224 g/mol. The zero-order valence-corrected chi connectivity index (χ0v) is 10.4. The van der Waals surface area contributed by atoms with Crippen molar-refractivity contribution in [2.75, 3.05) is 31.4 Å². The van der Waals surface area contributed by atoms with Crippen LogP contribution in [0.3, 0.4) is 0 Å². The number of nitrogens with zero attached hydrogens (tertiary/aromatic N) is 1. The number of rotatable bonds is 5. The first-order chi connectivity index (χ1) is 7.65. The third-order valence-electron chi connectivity index (χ3n) is 2.24. The third kappa shape index (κ3) is 3.74. The van der Waals surface area contributed by atoms with Gasteiger partial charge in [-0.25, -0.2) is 0 Å². The number of amides is 1. The average Bonchev–Trinajstić information content (AvgIpc) is 2.29. The van der Waals surface area contributed by atoms with Crippen molar-refractivity contribution in [2.45, 2.75) is 6.42 Å². The summed E-state index contributed by atoms with van der Waals surface area (Å²) in [5.41, 5.74) is 1.76. The standard InChI is InChI=1S/C12H17ClN2O/c1-15(2)11-6-4-10(5-7-11)12(16)14-9-3-8-13/h4-7H,3,8-9H2,1-2H3,(H,14,16). The first-order valence-corrected chi connectivity index (χ1v) is 5.80. The van der Waals surface area contributed by atoms with Gasteiger partial charge in [-0.15, -0.1) is 11.6 Å². The summed E-state index contributed by atoms with van der Waals surface area (Å²) in [7, 11) is 3.94. The lowest BCUT2D eigenvalue weighted by Crippen LogP contribution is -2.24. The molecule has 1 aromatic carbocycles. The van der Waals surface area contributed by atoms with Crippen molar-refractivity contribution in [3.63, 3.8) is 0 Å². The summed E-state index contributed by atoms with van der Waals surface area (Å²) in [6, 6.07) is 7.50. The number of carbonyl (C=O) groups is 1. The van der Waals surface area contributed by atoms with Crippen molar-refractivity contribution < 1.29 is 4.79 Å². The van der Waals surface area contributed by atoms with E-state index in [1.807, 2.05) is 43.3 Å². The van der Waals surface area contributed by atoms with Gasteiger partial charge in [0.15, 0.2) is 0 Å². The molecule has 16 heavy (non-hydrogen) atoms. The van der Waals surface area contributed by atoms with E-state index < -0.39 is 0 Å². The fraction of sp³-hybridized carbons (Fsp3) is 0.417. The van der Waals surface area contributed by atoms with E-state index in [-0.39, 0.29) is 5.91 Å². The maximum absolute atomic E-state index is 11.6. The number of hydrogen-bond donors (Lipinski definition) is 1. The Labute approximate surface area is 101 Å². The number of halogens is 1. The van der Waals surface area contributed by atoms with E-state index >= 15 is 0 Å². The lowest BCUT2D eigenvalue weighted by Gasteiger charge is -2.12. The second kappa shape index (κ2) is 6.38. The topological polar surface area (TPSA) is 32.3 Å². The number of anilines is 1. The molecule has 0 aliphatic carbocycles. The van der Waals surface area contributed by atoms with E-state index in [1.165, 1.54) is 0 Å². The second-order valence-electron chi connectivity index (χ2n) is 3.74. The zero-order chi connectivity index (χ0) is 12.0. The first kappa shape index (κ1) is 12.8. The maximum Gasteiger partial charge on any atom is 0.251 e. The van der Waals surface area contributed by atoms with Crippen LogP contribution in [0.1, 0.15) is 16.8 Å². The van der Waals surface area contributed by atoms with Crippen LogP contribution in [0.2, 0.25) is 0 Å². The SMILES string of the molecule is CN(C)c1ccc(C(=O)NCCCCl)cc1. The molecule has 0 heterocycles. The zero-order valence-electron chi connectivity index (χ0n) is 9.66. The lowest BCUT2D eigenvalue weighted by atomic mass is 10.2. The van der Waals surface area contributed by atoms with Crippen molar-refractivity contribution in [1.82, 2.24) is 5.32 Å². The van der Waals surface area contributed by atoms with Crippen LogP contribution in [0.15, 0.2) is 24.3 Å². The molecule has 0 fully saturated rings. The quantitative estimate of drug-likeness (QED) is 0.632. The Hall–Kier alpha value is -1.22. The van der Waals surface area contributed by atoms with E-state index in [0.717, 1.165) is 12.1 Å². The van der Waals surface area contributed by atoms with Crippen molar-refractivity contribution in [2.24, 2.45) is 0 Å². The van der Waals surface area contributed by atoms with Crippen molar-refractivity contribution in [3.05, 3.63) is 29.8 Å².